The molecule has 1 heterocycles. The zero-order chi connectivity index (χ0) is 9.19. The third-order valence-electron chi connectivity index (χ3n) is 2.18. The standard InChI is InChI=1S/C8H16N4/c1-4-8(3,9)7-6-12(5-2)11-10-7/h6H,4-5,9H2,1-3H3. The predicted molar refractivity (Wildman–Crippen MR) is 47.5 cm³/mol. The molecule has 0 saturated heterocycles. The molecule has 0 bridgehead atoms. The number of rotatable bonds is 3. The quantitative estimate of drug-likeness (QED) is 0.729. The fraction of sp³-hybridized carbons (Fsp3) is 0.750. The molecule has 0 fully saturated rings. The van der Waals surface area contributed by atoms with Crippen LogP contribution in [0.15, 0.2) is 6.20 Å². The maximum atomic E-state index is 5.99. The molecular weight excluding hydrogens is 152 g/mol. The Labute approximate surface area is 72.8 Å². The minimum atomic E-state index is -0.340. The molecule has 0 aliphatic rings. The number of aryl methyl sites for hydroxylation is 1. The second kappa shape index (κ2) is 3.23. The minimum absolute atomic E-state index is 0.340. The lowest BCUT2D eigenvalue weighted by Crippen LogP contribution is -2.32. The van der Waals surface area contributed by atoms with Crippen molar-refractivity contribution in [2.75, 3.05) is 0 Å². The van der Waals surface area contributed by atoms with Crippen molar-refractivity contribution in [2.24, 2.45) is 5.73 Å². The molecule has 2 N–H and O–H groups in total. The van der Waals surface area contributed by atoms with Crippen molar-refractivity contribution in [1.82, 2.24) is 15.0 Å². The fourth-order valence-corrected chi connectivity index (χ4v) is 0.896. The van der Waals surface area contributed by atoms with Crippen LogP contribution >= 0.6 is 0 Å². The highest BCUT2D eigenvalue weighted by Gasteiger charge is 2.21. The third kappa shape index (κ3) is 1.64. The zero-order valence-electron chi connectivity index (χ0n) is 7.91. The smallest absolute Gasteiger partial charge is 0.102 e. The van der Waals surface area contributed by atoms with Gasteiger partial charge < -0.3 is 5.73 Å². The molecule has 1 unspecified atom stereocenters. The lowest BCUT2D eigenvalue weighted by Gasteiger charge is -2.18. The van der Waals surface area contributed by atoms with Gasteiger partial charge in [0.15, 0.2) is 0 Å². The van der Waals surface area contributed by atoms with Crippen LogP contribution in [0.5, 0.6) is 0 Å². The van der Waals surface area contributed by atoms with Crippen LogP contribution in [0.1, 0.15) is 32.9 Å². The monoisotopic (exact) mass is 168 g/mol. The highest BCUT2D eigenvalue weighted by atomic mass is 15.4. The Morgan fingerprint density at radius 1 is 1.58 bits per heavy atom. The van der Waals surface area contributed by atoms with Gasteiger partial charge in [-0.15, -0.1) is 5.10 Å². The average Bonchev–Trinajstić information content (AvgIpc) is 2.52. The van der Waals surface area contributed by atoms with Crippen molar-refractivity contribution in [3.63, 3.8) is 0 Å². The Bertz CT molecular complexity index is 251. The van der Waals surface area contributed by atoms with E-state index in [0.717, 1.165) is 18.7 Å². The molecular formula is C8H16N4. The maximum Gasteiger partial charge on any atom is 0.102 e. The SMILES string of the molecule is CCn1cc(C(C)(N)CC)nn1. The van der Waals surface area contributed by atoms with Gasteiger partial charge in [0.2, 0.25) is 0 Å². The Morgan fingerprint density at radius 2 is 2.25 bits per heavy atom. The summed E-state index contributed by atoms with van der Waals surface area (Å²) in [5.74, 6) is 0. The van der Waals surface area contributed by atoms with E-state index in [-0.39, 0.29) is 5.54 Å². The summed E-state index contributed by atoms with van der Waals surface area (Å²) >= 11 is 0. The first-order chi connectivity index (χ1) is 5.60. The van der Waals surface area contributed by atoms with Crippen LogP contribution < -0.4 is 5.73 Å². The van der Waals surface area contributed by atoms with Gasteiger partial charge in [0, 0.05) is 6.54 Å². The summed E-state index contributed by atoms with van der Waals surface area (Å²) in [7, 11) is 0. The number of nitrogens with two attached hydrogens (primary N) is 1. The second-order valence-electron chi connectivity index (χ2n) is 3.23. The van der Waals surface area contributed by atoms with Crippen LogP contribution in [0.25, 0.3) is 0 Å². The van der Waals surface area contributed by atoms with Crippen molar-refractivity contribution in [3.05, 3.63) is 11.9 Å². The van der Waals surface area contributed by atoms with Crippen molar-refractivity contribution in [3.8, 4) is 0 Å². The van der Waals surface area contributed by atoms with Crippen molar-refractivity contribution in [1.29, 1.82) is 0 Å². The predicted octanol–water partition coefficient (Wildman–Crippen LogP) is 0.882. The molecule has 0 saturated carbocycles. The Morgan fingerprint density at radius 3 is 2.67 bits per heavy atom. The topological polar surface area (TPSA) is 56.7 Å². The average molecular weight is 168 g/mol. The molecule has 12 heavy (non-hydrogen) atoms. The van der Waals surface area contributed by atoms with Gasteiger partial charge in [0.25, 0.3) is 0 Å². The van der Waals surface area contributed by atoms with Crippen molar-refractivity contribution in [2.45, 2.75) is 39.3 Å². The molecule has 1 rings (SSSR count). The first kappa shape index (κ1) is 9.19. The normalized spacial score (nSPS) is 16.0. The summed E-state index contributed by atoms with van der Waals surface area (Å²) in [6.45, 7) is 6.88. The molecule has 1 aromatic rings. The summed E-state index contributed by atoms with van der Waals surface area (Å²) in [4.78, 5) is 0. The van der Waals surface area contributed by atoms with E-state index in [0.29, 0.717) is 0 Å². The van der Waals surface area contributed by atoms with Crippen LogP contribution in [-0.2, 0) is 12.1 Å². The van der Waals surface area contributed by atoms with Gasteiger partial charge >= 0.3 is 0 Å². The van der Waals surface area contributed by atoms with Crippen LogP contribution in [0, 0.1) is 0 Å². The van der Waals surface area contributed by atoms with Gasteiger partial charge in [0.1, 0.15) is 5.69 Å². The van der Waals surface area contributed by atoms with E-state index in [1.807, 2.05) is 27.0 Å². The van der Waals surface area contributed by atoms with E-state index in [4.69, 9.17) is 5.73 Å². The lowest BCUT2D eigenvalue weighted by molar-refractivity contribution is 0.461. The lowest BCUT2D eigenvalue weighted by atomic mass is 9.97. The van der Waals surface area contributed by atoms with Crippen molar-refractivity contribution >= 4 is 0 Å². The summed E-state index contributed by atoms with van der Waals surface area (Å²) in [6, 6.07) is 0. The van der Waals surface area contributed by atoms with Gasteiger partial charge in [-0.1, -0.05) is 12.1 Å². The molecule has 0 aliphatic carbocycles. The molecule has 0 amide bonds. The van der Waals surface area contributed by atoms with Crippen LogP contribution in [0.3, 0.4) is 0 Å². The molecule has 1 atom stereocenters. The van der Waals surface area contributed by atoms with Crippen molar-refractivity contribution < 1.29 is 0 Å². The molecule has 0 aromatic carbocycles. The zero-order valence-corrected chi connectivity index (χ0v) is 7.91. The number of hydrogen-bond acceptors (Lipinski definition) is 3. The van der Waals surface area contributed by atoms with E-state index < -0.39 is 0 Å². The van der Waals surface area contributed by atoms with E-state index in [9.17, 15) is 0 Å². The molecule has 68 valence electrons. The van der Waals surface area contributed by atoms with Crippen LogP contribution in [0.2, 0.25) is 0 Å². The summed E-state index contributed by atoms with van der Waals surface area (Å²) in [5, 5.41) is 7.95. The molecule has 1 aromatic heterocycles. The van der Waals surface area contributed by atoms with Crippen LogP contribution in [0.4, 0.5) is 0 Å². The maximum absolute atomic E-state index is 5.99. The molecule has 0 spiro atoms. The first-order valence-corrected chi connectivity index (χ1v) is 4.29. The molecule has 4 nitrogen and oxygen atoms in total. The number of nitrogens with zero attached hydrogens (tertiary/aromatic N) is 3. The molecule has 4 heteroatoms. The second-order valence-corrected chi connectivity index (χ2v) is 3.23. The Balaban J connectivity index is 2.88. The summed E-state index contributed by atoms with van der Waals surface area (Å²) in [6.07, 6.45) is 2.78. The van der Waals surface area contributed by atoms with Crippen LogP contribution in [-0.4, -0.2) is 15.0 Å². The fourth-order valence-electron chi connectivity index (χ4n) is 0.896. The largest absolute Gasteiger partial charge is 0.320 e. The summed E-state index contributed by atoms with van der Waals surface area (Å²) < 4.78 is 1.79. The highest BCUT2D eigenvalue weighted by molar-refractivity contribution is 5.06. The van der Waals surface area contributed by atoms with E-state index in [2.05, 4.69) is 10.3 Å². The number of aromatic nitrogens is 3. The Kier molecular flexibility index (Phi) is 2.47. The highest BCUT2D eigenvalue weighted by Crippen LogP contribution is 2.17. The minimum Gasteiger partial charge on any atom is -0.320 e. The number of hydrogen-bond donors (Lipinski definition) is 1. The van der Waals surface area contributed by atoms with Gasteiger partial charge in [-0.3, -0.25) is 4.68 Å². The van der Waals surface area contributed by atoms with Gasteiger partial charge in [-0.2, -0.15) is 0 Å². The van der Waals surface area contributed by atoms with E-state index >= 15 is 0 Å². The van der Waals surface area contributed by atoms with E-state index in [1.54, 1.807) is 4.68 Å². The third-order valence-corrected chi connectivity index (χ3v) is 2.18. The molecule has 0 aliphatic heterocycles. The van der Waals surface area contributed by atoms with Gasteiger partial charge in [-0.25, -0.2) is 0 Å². The van der Waals surface area contributed by atoms with Gasteiger partial charge in [0.05, 0.1) is 11.7 Å². The first-order valence-electron chi connectivity index (χ1n) is 4.29. The Hall–Kier alpha value is -0.900. The summed E-state index contributed by atoms with van der Waals surface area (Å²) in [5.41, 5.74) is 6.52. The van der Waals surface area contributed by atoms with Gasteiger partial charge in [-0.05, 0) is 20.3 Å². The molecule has 0 radical (unpaired) electrons. The van der Waals surface area contributed by atoms with E-state index in [1.165, 1.54) is 0 Å².